The van der Waals surface area contributed by atoms with Crippen LogP contribution in [0.25, 0.3) is 0 Å². The van der Waals surface area contributed by atoms with Crippen LogP contribution in [0.3, 0.4) is 0 Å². The lowest BCUT2D eigenvalue weighted by atomic mass is 10.3. The smallest absolute Gasteiger partial charge is 0.221 e. The molecule has 20 heavy (non-hydrogen) atoms. The lowest BCUT2D eigenvalue weighted by Gasteiger charge is -2.08. The molecule has 2 N–H and O–H groups in total. The average molecular weight is 270 g/mol. The van der Waals surface area contributed by atoms with Gasteiger partial charge in [0.2, 0.25) is 5.91 Å². The van der Waals surface area contributed by atoms with E-state index in [1.165, 1.54) is 0 Å². The van der Waals surface area contributed by atoms with Crippen LogP contribution in [0, 0.1) is 0 Å². The lowest BCUT2D eigenvalue weighted by molar-refractivity contribution is -0.120. The molecule has 2 rings (SSSR count). The molecule has 4 nitrogen and oxygen atoms in total. The van der Waals surface area contributed by atoms with Crippen molar-refractivity contribution in [3.63, 3.8) is 0 Å². The number of hydrogen-bond acceptors (Lipinski definition) is 3. The third kappa shape index (κ3) is 4.31. The summed E-state index contributed by atoms with van der Waals surface area (Å²) in [6.07, 6.45) is 0.457. The first-order valence-electron chi connectivity index (χ1n) is 6.55. The van der Waals surface area contributed by atoms with Gasteiger partial charge in [0.1, 0.15) is 11.5 Å². The highest BCUT2D eigenvalue weighted by Crippen LogP contribution is 2.22. The predicted octanol–water partition coefficient (Wildman–Crippen LogP) is 3.03. The fourth-order valence-corrected chi connectivity index (χ4v) is 1.71. The zero-order chi connectivity index (χ0) is 14.2. The highest BCUT2D eigenvalue weighted by Gasteiger charge is 1.99. The minimum absolute atomic E-state index is 0.0292. The summed E-state index contributed by atoms with van der Waals surface area (Å²) in [6.45, 7) is 0.610. The Hall–Kier alpha value is -2.49. The van der Waals surface area contributed by atoms with Crippen molar-refractivity contribution in [2.45, 2.75) is 6.42 Å². The summed E-state index contributed by atoms with van der Waals surface area (Å²) in [7, 11) is 1.64. The van der Waals surface area contributed by atoms with Crippen LogP contribution in [0.1, 0.15) is 6.42 Å². The highest BCUT2D eigenvalue weighted by atomic mass is 16.5. The molecule has 0 aliphatic carbocycles. The first kappa shape index (κ1) is 13.9. The number of para-hydroxylation sites is 1. The maximum absolute atomic E-state index is 11.1. The van der Waals surface area contributed by atoms with Gasteiger partial charge in [-0.15, -0.1) is 0 Å². The molecule has 4 heteroatoms. The molecule has 0 atom stereocenters. The van der Waals surface area contributed by atoms with Crippen LogP contribution in [-0.4, -0.2) is 19.5 Å². The van der Waals surface area contributed by atoms with Gasteiger partial charge in [-0.25, -0.2) is 0 Å². The van der Waals surface area contributed by atoms with E-state index >= 15 is 0 Å². The summed E-state index contributed by atoms with van der Waals surface area (Å²) >= 11 is 0. The minimum Gasteiger partial charge on any atom is -0.457 e. The fraction of sp³-hybridized carbons (Fsp3) is 0.188. The number of rotatable bonds is 6. The Morgan fingerprint density at radius 3 is 2.30 bits per heavy atom. The largest absolute Gasteiger partial charge is 0.457 e. The molecular weight excluding hydrogens is 252 g/mol. The number of nitrogens with one attached hydrogen (secondary N) is 2. The first-order valence-corrected chi connectivity index (χ1v) is 6.55. The van der Waals surface area contributed by atoms with Gasteiger partial charge in [-0.2, -0.15) is 0 Å². The molecule has 0 aliphatic rings. The van der Waals surface area contributed by atoms with E-state index in [2.05, 4.69) is 10.6 Å². The summed E-state index contributed by atoms with van der Waals surface area (Å²) in [5.74, 6) is 1.63. The van der Waals surface area contributed by atoms with Crippen molar-refractivity contribution in [2.75, 3.05) is 18.9 Å². The van der Waals surface area contributed by atoms with E-state index in [-0.39, 0.29) is 5.91 Å². The van der Waals surface area contributed by atoms with E-state index in [4.69, 9.17) is 4.74 Å². The highest BCUT2D eigenvalue weighted by molar-refractivity contribution is 5.76. The molecule has 0 heterocycles. The van der Waals surface area contributed by atoms with Crippen LogP contribution in [-0.2, 0) is 4.79 Å². The van der Waals surface area contributed by atoms with Crippen molar-refractivity contribution in [3.05, 3.63) is 54.6 Å². The maximum Gasteiger partial charge on any atom is 0.221 e. The number of hydrogen-bond donors (Lipinski definition) is 2. The summed E-state index contributed by atoms with van der Waals surface area (Å²) in [4.78, 5) is 11.1. The standard InChI is InChI=1S/C16H18N2O2/c1-17-16(19)11-12-18-13-7-9-15(10-8-13)20-14-5-3-2-4-6-14/h2-10,18H,11-12H2,1H3,(H,17,19). The van der Waals surface area contributed by atoms with E-state index in [0.29, 0.717) is 13.0 Å². The van der Waals surface area contributed by atoms with Crippen LogP contribution < -0.4 is 15.4 Å². The van der Waals surface area contributed by atoms with Gasteiger partial charge in [0.25, 0.3) is 0 Å². The third-order valence-electron chi connectivity index (χ3n) is 2.79. The Kier molecular flexibility index (Phi) is 5.00. The number of anilines is 1. The Morgan fingerprint density at radius 2 is 1.65 bits per heavy atom. The molecule has 0 saturated carbocycles. The molecule has 0 fully saturated rings. The van der Waals surface area contributed by atoms with Crippen LogP contribution in [0.4, 0.5) is 5.69 Å². The van der Waals surface area contributed by atoms with Gasteiger partial charge in [-0.3, -0.25) is 4.79 Å². The topological polar surface area (TPSA) is 50.4 Å². The van der Waals surface area contributed by atoms with Gasteiger partial charge in [-0.05, 0) is 36.4 Å². The third-order valence-corrected chi connectivity index (χ3v) is 2.79. The van der Waals surface area contributed by atoms with Crippen molar-refractivity contribution in [2.24, 2.45) is 0 Å². The molecule has 0 saturated heterocycles. The van der Waals surface area contributed by atoms with Gasteiger partial charge in [0.15, 0.2) is 0 Å². The van der Waals surface area contributed by atoms with Gasteiger partial charge in [0.05, 0.1) is 0 Å². The molecule has 0 aromatic heterocycles. The Morgan fingerprint density at radius 1 is 1.00 bits per heavy atom. The second kappa shape index (κ2) is 7.19. The van der Waals surface area contributed by atoms with Crippen molar-refractivity contribution in [1.29, 1.82) is 0 Å². The van der Waals surface area contributed by atoms with Crippen molar-refractivity contribution in [1.82, 2.24) is 5.32 Å². The number of ether oxygens (including phenoxy) is 1. The fourth-order valence-electron chi connectivity index (χ4n) is 1.71. The van der Waals surface area contributed by atoms with E-state index in [9.17, 15) is 4.79 Å². The number of carbonyl (C=O) groups is 1. The second-order valence-corrected chi connectivity index (χ2v) is 4.29. The van der Waals surface area contributed by atoms with E-state index < -0.39 is 0 Å². The molecule has 1 amide bonds. The molecular formula is C16H18N2O2. The number of benzene rings is 2. The average Bonchev–Trinajstić information content (AvgIpc) is 2.50. The summed E-state index contributed by atoms with van der Waals surface area (Å²) in [5.41, 5.74) is 0.967. The number of carbonyl (C=O) groups excluding carboxylic acids is 1. The Balaban J connectivity index is 1.85. The molecule has 0 unspecified atom stereocenters. The first-order chi connectivity index (χ1) is 9.78. The summed E-state index contributed by atoms with van der Waals surface area (Å²) in [5, 5.41) is 5.77. The van der Waals surface area contributed by atoms with Crippen LogP contribution in [0.5, 0.6) is 11.5 Å². The zero-order valence-electron chi connectivity index (χ0n) is 11.4. The van der Waals surface area contributed by atoms with E-state index in [1.54, 1.807) is 7.05 Å². The van der Waals surface area contributed by atoms with E-state index in [1.807, 2.05) is 54.6 Å². The second-order valence-electron chi connectivity index (χ2n) is 4.29. The molecule has 0 aliphatic heterocycles. The lowest BCUT2D eigenvalue weighted by Crippen LogP contribution is -2.20. The summed E-state index contributed by atoms with van der Waals surface area (Å²) in [6, 6.07) is 17.3. The molecule has 2 aromatic carbocycles. The van der Waals surface area contributed by atoms with Crippen LogP contribution in [0.15, 0.2) is 54.6 Å². The summed E-state index contributed by atoms with van der Waals surface area (Å²) < 4.78 is 5.70. The van der Waals surface area contributed by atoms with Crippen molar-refractivity contribution >= 4 is 11.6 Å². The Bertz CT molecular complexity index is 538. The SMILES string of the molecule is CNC(=O)CCNc1ccc(Oc2ccccc2)cc1. The maximum atomic E-state index is 11.1. The van der Waals surface area contributed by atoms with Crippen molar-refractivity contribution < 1.29 is 9.53 Å². The van der Waals surface area contributed by atoms with Crippen LogP contribution >= 0.6 is 0 Å². The van der Waals surface area contributed by atoms with Gasteiger partial charge >= 0.3 is 0 Å². The number of amides is 1. The molecule has 0 spiro atoms. The molecule has 2 aromatic rings. The van der Waals surface area contributed by atoms with Crippen LogP contribution in [0.2, 0.25) is 0 Å². The monoisotopic (exact) mass is 270 g/mol. The van der Waals surface area contributed by atoms with Crippen molar-refractivity contribution in [3.8, 4) is 11.5 Å². The zero-order valence-corrected chi connectivity index (χ0v) is 11.4. The van der Waals surface area contributed by atoms with Gasteiger partial charge < -0.3 is 15.4 Å². The van der Waals surface area contributed by atoms with Gasteiger partial charge in [0, 0.05) is 25.7 Å². The van der Waals surface area contributed by atoms with Gasteiger partial charge in [-0.1, -0.05) is 18.2 Å². The quantitative estimate of drug-likeness (QED) is 0.848. The Labute approximate surface area is 118 Å². The minimum atomic E-state index is 0.0292. The molecule has 104 valence electrons. The molecule has 0 radical (unpaired) electrons. The normalized spacial score (nSPS) is 9.85. The predicted molar refractivity (Wildman–Crippen MR) is 80.1 cm³/mol. The van der Waals surface area contributed by atoms with E-state index in [0.717, 1.165) is 17.2 Å². The molecule has 0 bridgehead atoms.